The standard InChI is InChI=1S/C32H21F3N2O3/c33-32(34,35)40-24-11-9-21(10-12-24)19-3-1-18(2-4-19)20-5-7-22(8-6-20)29-25-16-26-23(13-14-36-26)15-27(25)37-28-17-39-31(38)30(28)29/h1-16,29,36-37H,17H2. The van der Waals surface area contributed by atoms with Crippen molar-refractivity contribution in [2.24, 2.45) is 0 Å². The van der Waals surface area contributed by atoms with Gasteiger partial charge < -0.3 is 19.8 Å². The monoisotopic (exact) mass is 538 g/mol. The molecule has 5 nitrogen and oxygen atoms in total. The number of nitrogens with one attached hydrogen (secondary N) is 2. The number of halogens is 3. The van der Waals surface area contributed by atoms with Gasteiger partial charge in [-0.25, -0.2) is 4.79 Å². The third-order valence-electron chi connectivity index (χ3n) is 7.38. The minimum atomic E-state index is -4.72. The first-order valence-corrected chi connectivity index (χ1v) is 12.7. The fourth-order valence-electron chi connectivity index (χ4n) is 5.51. The van der Waals surface area contributed by atoms with Crippen LogP contribution >= 0.6 is 0 Å². The number of alkyl halides is 3. The molecule has 7 rings (SSSR count). The number of fused-ring (bicyclic) bond motifs is 2. The lowest BCUT2D eigenvalue weighted by Gasteiger charge is -2.27. The van der Waals surface area contributed by atoms with Gasteiger partial charge in [-0.15, -0.1) is 13.2 Å². The number of hydrogen-bond acceptors (Lipinski definition) is 4. The molecule has 0 saturated carbocycles. The van der Waals surface area contributed by atoms with E-state index < -0.39 is 6.36 Å². The summed E-state index contributed by atoms with van der Waals surface area (Å²) in [6.07, 6.45) is -2.82. The number of H-pyrrole nitrogens is 1. The van der Waals surface area contributed by atoms with Crippen molar-refractivity contribution in [2.75, 3.05) is 11.9 Å². The molecule has 1 unspecified atom stereocenters. The fourth-order valence-corrected chi connectivity index (χ4v) is 5.51. The maximum atomic E-state index is 12.7. The minimum absolute atomic E-state index is 0.234. The number of aromatic amines is 1. The summed E-state index contributed by atoms with van der Waals surface area (Å²) in [5, 5.41) is 4.49. The Morgan fingerprint density at radius 3 is 2.02 bits per heavy atom. The van der Waals surface area contributed by atoms with Gasteiger partial charge >= 0.3 is 12.3 Å². The number of rotatable bonds is 4. The molecule has 1 atom stereocenters. The Hall–Kier alpha value is -4.98. The van der Waals surface area contributed by atoms with Crippen LogP contribution in [0.1, 0.15) is 17.0 Å². The molecule has 0 spiro atoms. The Bertz CT molecular complexity index is 1790. The van der Waals surface area contributed by atoms with Crippen LogP contribution < -0.4 is 10.1 Å². The Balaban J connectivity index is 1.17. The number of ether oxygens (including phenoxy) is 2. The van der Waals surface area contributed by atoms with Crippen LogP contribution in [0.2, 0.25) is 0 Å². The zero-order valence-electron chi connectivity index (χ0n) is 20.9. The molecule has 0 fully saturated rings. The van der Waals surface area contributed by atoms with Crippen molar-refractivity contribution in [3.63, 3.8) is 0 Å². The molecular weight excluding hydrogens is 517 g/mol. The van der Waals surface area contributed by atoms with Crippen molar-refractivity contribution in [1.29, 1.82) is 0 Å². The number of anilines is 1. The molecule has 40 heavy (non-hydrogen) atoms. The summed E-state index contributed by atoms with van der Waals surface area (Å²) >= 11 is 0. The van der Waals surface area contributed by atoms with Gasteiger partial charge in [-0.2, -0.15) is 0 Å². The number of carbonyl (C=O) groups is 1. The molecule has 8 heteroatoms. The summed E-state index contributed by atoms with van der Waals surface area (Å²) in [5.41, 5.74) is 9.06. The molecule has 2 N–H and O–H groups in total. The molecule has 1 aromatic heterocycles. The predicted molar refractivity (Wildman–Crippen MR) is 146 cm³/mol. The van der Waals surface area contributed by atoms with E-state index in [0.29, 0.717) is 5.57 Å². The van der Waals surface area contributed by atoms with Gasteiger partial charge in [-0.3, -0.25) is 0 Å². The summed E-state index contributed by atoms with van der Waals surface area (Å²) in [6, 6.07) is 27.9. The van der Waals surface area contributed by atoms with Crippen LogP contribution in [0, 0.1) is 0 Å². The largest absolute Gasteiger partial charge is 0.573 e. The highest BCUT2D eigenvalue weighted by Crippen LogP contribution is 2.45. The molecule has 2 aliphatic rings. The van der Waals surface area contributed by atoms with Gasteiger partial charge in [-0.05, 0) is 63.7 Å². The number of cyclic esters (lactones) is 1. The first-order chi connectivity index (χ1) is 19.3. The quantitative estimate of drug-likeness (QED) is 0.230. The zero-order valence-corrected chi connectivity index (χ0v) is 20.9. The van der Waals surface area contributed by atoms with Crippen molar-refractivity contribution in [3.8, 4) is 28.0 Å². The van der Waals surface area contributed by atoms with Gasteiger partial charge in [0.25, 0.3) is 0 Å². The van der Waals surface area contributed by atoms with E-state index in [1.165, 1.54) is 12.1 Å². The number of benzene rings is 4. The van der Waals surface area contributed by atoms with Crippen molar-refractivity contribution < 1.29 is 27.4 Å². The summed E-state index contributed by atoms with van der Waals surface area (Å²) in [5.74, 6) is -0.813. The fraction of sp³-hybridized carbons (Fsp3) is 0.0938. The van der Waals surface area contributed by atoms with Crippen molar-refractivity contribution >= 4 is 22.6 Å². The number of hydrogen-bond donors (Lipinski definition) is 2. The second-order valence-corrected chi connectivity index (χ2v) is 9.80. The third-order valence-corrected chi connectivity index (χ3v) is 7.38. The molecule has 0 bridgehead atoms. The van der Waals surface area contributed by atoms with Crippen LogP contribution in [0.25, 0.3) is 33.2 Å². The van der Waals surface area contributed by atoms with E-state index in [1.54, 1.807) is 12.1 Å². The van der Waals surface area contributed by atoms with Gasteiger partial charge in [0.2, 0.25) is 0 Å². The lowest BCUT2D eigenvalue weighted by molar-refractivity contribution is -0.274. The third kappa shape index (κ3) is 4.27. The summed E-state index contributed by atoms with van der Waals surface area (Å²) < 4.78 is 46.7. The van der Waals surface area contributed by atoms with E-state index in [-0.39, 0.29) is 24.2 Å². The lowest BCUT2D eigenvalue weighted by Crippen LogP contribution is -2.19. The Labute approximate surface area is 226 Å². The molecule has 5 aromatic rings. The van der Waals surface area contributed by atoms with E-state index in [4.69, 9.17) is 4.74 Å². The maximum absolute atomic E-state index is 12.7. The Kier molecular flexibility index (Phi) is 5.45. The van der Waals surface area contributed by atoms with Crippen LogP contribution in [0.5, 0.6) is 5.75 Å². The minimum Gasteiger partial charge on any atom is -0.456 e. The average Bonchev–Trinajstić information content (AvgIpc) is 3.56. The van der Waals surface area contributed by atoms with Crippen LogP contribution in [0.4, 0.5) is 18.9 Å². The smallest absolute Gasteiger partial charge is 0.456 e. The SMILES string of the molecule is O=C1OCC2=C1C(c1ccc(-c3ccc(-c4ccc(OC(F)(F)F)cc4)cc3)cc1)c1cc3[nH]ccc3cc1N2. The summed E-state index contributed by atoms with van der Waals surface area (Å²) in [7, 11) is 0. The maximum Gasteiger partial charge on any atom is 0.573 e. The second-order valence-electron chi connectivity index (χ2n) is 9.80. The van der Waals surface area contributed by atoms with Crippen molar-refractivity contribution in [3.05, 3.63) is 120 Å². The summed E-state index contributed by atoms with van der Waals surface area (Å²) in [4.78, 5) is 16.0. The van der Waals surface area contributed by atoms with E-state index in [1.807, 2.05) is 60.8 Å². The number of carbonyl (C=O) groups excluding carboxylic acids is 1. The molecule has 3 heterocycles. The molecule has 4 aromatic carbocycles. The van der Waals surface area contributed by atoms with Crippen molar-refractivity contribution in [1.82, 2.24) is 4.98 Å². The van der Waals surface area contributed by atoms with Gasteiger partial charge in [0.15, 0.2) is 0 Å². The first-order valence-electron chi connectivity index (χ1n) is 12.7. The van der Waals surface area contributed by atoms with E-state index in [0.717, 1.165) is 55.7 Å². The molecule has 0 saturated heterocycles. The average molecular weight is 539 g/mol. The number of esters is 1. The van der Waals surface area contributed by atoms with Crippen LogP contribution in [-0.2, 0) is 9.53 Å². The molecule has 0 amide bonds. The normalized spacial score (nSPS) is 16.4. The van der Waals surface area contributed by atoms with E-state index >= 15 is 0 Å². The topological polar surface area (TPSA) is 63.4 Å². The highest BCUT2D eigenvalue weighted by Gasteiger charge is 2.38. The molecule has 0 radical (unpaired) electrons. The van der Waals surface area contributed by atoms with E-state index in [9.17, 15) is 18.0 Å². The Morgan fingerprint density at radius 2 is 1.40 bits per heavy atom. The van der Waals surface area contributed by atoms with Gasteiger partial charge in [0.05, 0.1) is 11.3 Å². The molecule has 2 aliphatic heterocycles. The molecule has 198 valence electrons. The predicted octanol–water partition coefficient (Wildman–Crippen LogP) is 7.77. The molecular formula is C32H21F3N2O3. The first kappa shape index (κ1) is 24.1. The summed E-state index contributed by atoms with van der Waals surface area (Å²) in [6.45, 7) is 0.234. The van der Waals surface area contributed by atoms with Gasteiger partial charge in [0, 0.05) is 28.7 Å². The highest BCUT2D eigenvalue weighted by atomic mass is 19.4. The lowest BCUT2D eigenvalue weighted by atomic mass is 9.80. The van der Waals surface area contributed by atoms with Crippen LogP contribution in [0.3, 0.4) is 0 Å². The van der Waals surface area contributed by atoms with Crippen LogP contribution in [-0.4, -0.2) is 23.9 Å². The molecule has 0 aliphatic carbocycles. The zero-order chi connectivity index (χ0) is 27.4. The van der Waals surface area contributed by atoms with Crippen molar-refractivity contribution in [2.45, 2.75) is 12.3 Å². The van der Waals surface area contributed by atoms with E-state index in [2.05, 4.69) is 27.2 Å². The second kappa shape index (κ2) is 9.05. The van der Waals surface area contributed by atoms with Gasteiger partial charge in [0.1, 0.15) is 12.4 Å². The van der Waals surface area contributed by atoms with Crippen LogP contribution in [0.15, 0.2) is 108 Å². The Morgan fingerprint density at radius 1 is 0.800 bits per heavy atom. The highest BCUT2D eigenvalue weighted by molar-refractivity contribution is 5.98. The number of aromatic nitrogens is 1. The van der Waals surface area contributed by atoms with Gasteiger partial charge in [-0.1, -0.05) is 60.7 Å².